The highest BCUT2D eigenvalue weighted by molar-refractivity contribution is 5.62. The monoisotopic (exact) mass is 131 g/mol. The van der Waals surface area contributed by atoms with Crippen LogP contribution in [0, 0.1) is 0 Å². The van der Waals surface area contributed by atoms with Gasteiger partial charge in [-0.05, 0) is 13.8 Å². The Hall–Kier alpha value is -0.970. The summed E-state index contributed by atoms with van der Waals surface area (Å²) >= 11 is 0. The SMILES string of the molecule is CC(C)(C=O)N=NO[O-]. The molecule has 0 aromatic carbocycles. The lowest BCUT2D eigenvalue weighted by molar-refractivity contribution is -0.694. The minimum atomic E-state index is -0.954. The molecular weight excluding hydrogens is 124 g/mol. The van der Waals surface area contributed by atoms with Gasteiger partial charge in [0.05, 0.1) is 0 Å². The number of hydrogen-bond donors (Lipinski definition) is 0. The lowest BCUT2D eigenvalue weighted by Crippen LogP contribution is -2.17. The van der Waals surface area contributed by atoms with Crippen molar-refractivity contribution < 1.29 is 15.0 Å². The first kappa shape index (κ1) is 8.03. The predicted octanol–water partition coefficient (Wildman–Crippen LogP) is -0.377. The standard InChI is InChI=1S/C4H8N2O3/c1-4(2,3-7)5-6-9-8/h3,8H,1-2H3/p-1. The number of carbonyl (C=O) groups is 1. The average Bonchev–Trinajstić information content (AvgIpc) is 1.84. The molecule has 0 unspecified atom stereocenters. The second-order valence-electron chi connectivity index (χ2n) is 2.03. The third-order valence-electron chi connectivity index (χ3n) is 0.620. The summed E-state index contributed by atoms with van der Waals surface area (Å²) < 4.78 is 0. The van der Waals surface area contributed by atoms with Crippen molar-refractivity contribution in [3.8, 4) is 0 Å². The van der Waals surface area contributed by atoms with Gasteiger partial charge in [0.15, 0.2) is 0 Å². The molecule has 5 heteroatoms. The van der Waals surface area contributed by atoms with Crippen molar-refractivity contribution in [3.63, 3.8) is 0 Å². The summed E-state index contributed by atoms with van der Waals surface area (Å²) in [4.78, 5) is 13.1. The molecule has 0 fully saturated rings. The molecule has 0 aliphatic carbocycles. The molecule has 52 valence electrons. The normalized spacial score (nSPS) is 11.9. The van der Waals surface area contributed by atoms with Crippen molar-refractivity contribution in [2.24, 2.45) is 10.4 Å². The first-order valence-electron chi connectivity index (χ1n) is 2.30. The molecule has 0 atom stereocenters. The number of aldehydes is 1. The molecule has 0 aliphatic rings. The van der Waals surface area contributed by atoms with Crippen molar-refractivity contribution in [1.82, 2.24) is 0 Å². The van der Waals surface area contributed by atoms with Crippen LogP contribution in [-0.2, 0) is 9.78 Å². The largest absolute Gasteiger partial charge is 0.636 e. The van der Waals surface area contributed by atoms with Crippen LogP contribution in [0.1, 0.15) is 13.8 Å². The molecule has 0 saturated heterocycles. The maximum atomic E-state index is 10.0. The van der Waals surface area contributed by atoms with Crippen molar-refractivity contribution in [2.75, 3.05) is 0 Å². The van der Waals surface area contributed by atoms with Crippen LogP contribution < -0.4 is 5.26 Å². The van der Waals surface area contributed by atoms with Crippen LogP contribution in [0.4, 0.5) is 0 Å². The first-order chi connectivity index (χ1) is 4.12. The molecule has 0 heterocycles. The Balaban J connectivity index is 3.84. The number of carbonyl (C=O) groups excluding carboxylic acids is 1. The molecule has 9 heavy (non-hydrogen) atoms. The summed E-state index contributed by atoms with van der Waals surface area (Å²) in [6.45, 7) is 3.00. The van der Waals surface area contributed by atoms with Gasteiger partial charge in [0, 0.05) is 5.28 Å². The second kappa shape index (κ2) is 3.13. The van der Waals surface area contributed by atoms with Crippen molar-refractivity contribution in [1.29, 1.82) is 0 Å². The van der Waals surface area contributed by atoms with Gasteiger partial charge in [0.2, 0.25) is 0 Å². The summed E-state index contributed by atoms with van der Waals surface area (Å²) in [6.07, 6.45) is 0.565. The summed E-state index contributed by atoms with van der Waals surface area (Å²) in [5, 5.41) is 15.1. The lowest BCUT2D eigenvalue weighted by atomic mass is 10.1. The van der Waals surface area contributed by atoms with Gasteiger partial charge in [-0.1, -0.05) is 0 Å². The van der Waals surface area contributed by atoms with Gasteiger partial charge in [-0.2, -0.15) is 0 Å². The molecular formula is C4H7N2O3-. The van der Waals surface area contributed by atoms with E-state index in [-0.39, 0.29) is 0 Å². The Bertz CT molecular complexity index is 121. The van der Waals surface area contributed by atoms with E-state index in [0.29, 0.717) is 6.29 Å². The van der Waals surface area contributed by atoms with Crippen molar-refractivity contribution in [3.05, 3.63) is 0 Å². The molecule has 0 aromatic rings. The molecule has 5 nitrogen and oxygen atoms in total. The molecule has 0 saturated carbocycles. The average molecular weight is 131 g/mol. The van der Waals surface area contributed by atoms with E-state index in [2.05, 4.69) is 15.4 Å². The van der Waals surface area contributed by atoms with E-state index in [1.165, 1.54) is 13.8 Å². The number of hydrogen-bond acceptors (Lipinski definition) is 5. The van der Waals surface area contributed by atoms with E-state index in [4.69, 9.17) is 0 Å². The zero-order valence-corrected chi connectivity index (χ0v) is 5.20. The van der Waals surface area contributed by atoms with Gasteiger partial charge in [-0.15, -0.1) is 5.11 Å². The third kappa shape index (κ3) is 3.60. The van der Waals surface area contributed by atoms with E-state index in [1.54, 1.807) is 0 Å². The number of rotatable bonds is 3. The fourth-order valence-corrected chi connectivity index (χ4v) is 0.145. The maximum absolute atomic E-state index is 10.0. The van der Waals surface area contributed by atoms with Crippen LogP contribution in [0.5, 0.6) is 0 Å². The van der Waals surface area contributed by atoms with Gasteiger partial charge in [0.1, 0.15) is 11.8 Å². The minimum Gasteiger partial charge on any atom is -0.636 e. The first-order valence-corrected chi connectivity index (χ1v) is 2.30. The molecule has 0 N–H and O–H groups in total. The van der Waals surface area contributed by atoms with Crippen LogP contribution in [-0.4, -0.2) is 11.8 Å². The van der Waals surface area contributed by atoms with E-state index in [0.717, 1.165) is 0 Å². The predicted molar refractivity (Wildman–Crippen MR) is 26.1 cm³/mol. The van der Waals surface area contributed by atoms with E-state index < -0.39 is 5.54 Å². The Morgan fingerprint density at radius 2 is 2.22 bits per heavy atom. The molecule has 0 bridgehead atoms. The fraction of sp³-hybridized carbons (Fsp3) is 0.750. The quantitative estimate of drug-likeness (QED) is 0.227. The van der Waals surface area contributed by atoms with E-state index in [9.17, 15) is 10.1 Å². The van der Waals surface area contributed by atoms with Crippen LogP contribution in [0.15, 0.2) is 10.4 Å². The summed E-state index contributed by atoms with van der Waals surface area (Å²) in [5.41, 5.74) is -0.954. The van der Waals surface area contributed by atoms with Gasteiger partial charge in [-0.25, -0.2) is 0 Å². The van der Waals surface area contributed by atoms with Crippen molar-refractivity contribution >= 4 is 6.29 Å². The third-order valence-corrected chi connectivity index (χ3v) is 0.620. The van der Waals surface area contributed by atoms with Gasteiger partial charge >= 0.3 is 0 Å². The lowest BCUT2D eigenvalue weighted by Gasteiger charge is -2.06. The molecule has 0 spiro atoms. The maximum Gasteiger partial charge on any atom is 0.149 e. The molecule has 0 rings (SSSR count). The highest BCUT2D eigenvalue weighted by Crippen LogP contribution is 2.03. The van der Waals surface area contributed by atoms with Gasteiger partial charge in [0.25, 0.3) is 0 Å². The highest BCUT2D eigenvalue weighted by Gasteiger charge is 2.13. The molecule has 0 aromatic heterocycles. The van der Waals surface area contributed by atoms with Gasteiger partial charge < -0.3 is 15.0 Å². The van der Waals surface area contributed by atoms with Crippen LogP contribution in [0.2, 0.25) is 0 Å². The highest BCUT2D eigenvalue weighted by atomic mass is 17.2. The Labute approximate surface area is 52.2 Å². The van der Waals surface area contributed by atoms with Gasteiger partial charge in [-0.3, -0.25) is 0 Å². The second-order valence-corrected chi connectivity index (χ2v) is 2.03. The Morgan fingerprint density at radius 3 is 2.56 bits per heavy atom. The molecule has 0 radical (unpaired) electrons. The summed E-state index contributed by atoms with van der Waals surface area (Å²) in [6, 6.07) is 0. The topological polar surface area (TPSA) is 74.1 Å². The van der Waals surface area contributed by atoms with Crippen molar-refractivity contribution in [2.45, 2.75) is 19.4 Å². The zero-order valence-electron chi connectivity index (χ0n) is 5.20. The van der Waals surface area contributed by atoms with Crippen LogP contribution >= 0.6 is 0 Å². The molecule has 0 amide bonds. The summed E-state index contributed by atoms with van der Waals surface area (Å²) in [5.74, 6) is 0. The fourth-order valence-electron chi connectivity index (χ4n) is 0.145. The van der Waals surface area contributed by atoms with E-state index in [1.807, 2.05) is 0 Å². The summed E-state index contributed by atoms with van der Waals surface area (Å²) in [7, 11) is 0. The Kier molecular flexibility index (Phi) is 2.80. The van der Waals surface area contributed by atoms with Crippen LogP contribution in [0.3, 0.4) is 0 Å². The number of nitrogens with zero attached hydrogens (tertiary/aromatic N) is 2. The molecule has 0 aliphatic heterocycles. The zero-order chi connectivity index (χ0) is 7.33. The van der Waals surface area contributed by atoms with E-state index >= 15 is 0 Å². The smallest absolute Gasteiger partial charge is 0.149 e. The Morgan fingerprint density at radius 1 is 1.67 bits per heavy atom. The van der Waals surface area contributed by atoms with Crippen LogP contribution in [0.25, 0.3) is 0 Å². The minimum absolute atomic E-state index is 0.565.